The molecule has 0 saturated carbocycles. The van der Waals surface area contributed by atoms with E-state index in [2.05, 4.69) is 45.3 Å². The first-order valence-corrected chi connectivity index (χ1v) is 11.0. The van der Waals surface area contributed by atoms with Gasteiger partial charge in [-0.1, -0.05) is 24.3 Å². The Labute approximate surface area is 190 Å². The summed E-state index contributed by atoms with van der Waals surface area (Å²) >= 11 is 3.19. The van der Waals surface area contributed by atoms with Gasteiger partial charge in [-0.25, -0.2) is 0 Å². The third-order valence-electron chi connectivity index (χ3n) is 5.63. The number of benzene rings is 2. The van der Waals surface area contributed by atoms with E-state index in [0.717, 1.165) is 12.8 Å². The zero-order valence-corrected chi connectivity index (χ0v) is 18.8. The van der Waals surface area contributed by atoms with Gasteiger partial charge >= 0.3 is 0 Å². The van der Waals surface area contributed by atoms with Crippen LogP contribution in [-0.2, 0) is 0 Å². The maximum Gasteiger partial charge on any atom is 0.291 e. The average molecular weight is 482 g/mol. The van der Waals surface area contributed by atoms with Crippen molar-refractivity contribution in [1.82, 2.24) is 4.90 Å². The van der Waals surface area contributed by atoms with Crippen LogP contribution in [0.5, 0.6) is 0 Å². The summed E-state index contributed by atoms with van der Waals surface area (Å²) in [6, 6.07) is 21.0. The minimum absolute atomic E-state index is 0.0161. The quantitative estimate of drug-likeness (QED) is 0.554. The van der Waals surface area contributed by atoms with E-state index >= 15 is 0 Å². The Bertz CT molecular complexity index is 1060. The maximum atomic E-state index is 13.0. The molecule has 2 aromatic carbocycles. The van der Waals surface area contributed by atoms with Crippen LogP contribution in [0.4, 0.5) is 11.4 Å². The number of furan rings is 1. The third kappa shape index (κ3) is 4.99. The fourth-order valence-electron chi connectivity index (χ4n) is 3.87. The van der Waals surface area contributed by atoms with E-state index in [-0.39, 0.29) is 17.6 Å². The van der Waals surface area contributed by atoms with Gasteiger partial charge in [0.25, 0.3) is 11.8 Å². The Hall–Kier alpha value is -3.06. The van der Waals surface area contributed by atoms with Crippen molar-refractivity contribution >= 4 is 39.1 Å². The molecule has 4 rings (SSSR count). The zero-order valence-electron chi connectivity index (χ0n) is 17.3. The van der Waals surface area contributed by atoms with E-state index in [1.54, 1.807) is 36.4 Å². The molecule has 6 nitrogen and oxygen atoms in total. The Balaban J connectivity index is 1.37. The van der Waals surface area contributed by atoms with Crippen molar-refractivity contribution in [3.05, 3.63) is 82.7 Å². The second kappa shape index (κ2) is 9.39. The van der Waals surface area contributed by atoms with Gasteiger partial charge in [0.05, 0.1) is 0 Å². The van der Waals surface area contributed by atoms with Crippen molar-refractivity contribution in [3.8, 4) is 0 Å². The lowest BCUT2D eigenvalue weighted by Crippen LogP contribution is -2.45. The molecule has 1 aromatic heterocycles. The zero-order chi connectivity index (χ0) is 21.8. The van der Waals surface area contributed by atoms with E-state index in [9.17, 15) is 9.59 Å². The number of hydrogen-bond donors (Lipinski definition) is 1. The fourth-order valence-corrected chi connectivity index (χ4v) is 4.18. The first-order chi connectivity index (χ1) is 15.0. The van der Waals surface area contributed by atoms with E-state index < -0.39 is 0 Å². The Kier molecular flexibility index (Phi) is 6.42. The predicted molar refractivity (Wildman–Crippen MR) is 125 cm³/mol. The summed E-state index contributed by atoms with van der Waals surface area (Å²) < 4.78 is 5.77. The van der Waals surface area contributed by atoms with Crippen LogP contribution in [0.15, 0.2) is 75.8 Å². The van der Waals surface area contributed by atoms with Crippen molar-refractivity contribution in [3.63, 3.8) is 0 Å². The minimum atomic E-state index is -0.361. The lowest BCUT2D eigenvalue weighted by molar-refractivity contribution is 0.0713. The summed E-state index contributed by atoms with van der Waals surface area (Å²) in [5, 5.41) is 2.78. The number of nitrogens with zero attached hydrogens (tertiary/aromatic N) is 2. The summed E-state index contributed by atoms with van der Waals surface area (Å²) in [6.45, 7) is 1.41. The Morgan fingerprint density at radius 2 is 1.77 bits per heavy atom. The molecule has 7 heteroatoms. The highest BCUT2D eigenvalue weighted by atomic mass is 79.9. The molecule has 0 radical (unpaired) electrons. The van der Waals surface area contributed by atoms with Crippen LogP contribution in [0.25, 0.3) is 0 Å². The fraction of sp³-hybridized carbons (Fsp3) is 0.250. The van der Waals surface area contributed by atoms with Crippen LogP contribution >= 0.6 is 15.9 Å². The molecule has 1 aliphatic rings. The highest BCUT2D eigenvalue weighted by molar-refractivity contribution is 9.10. The highest BCUT2D eigenvalue weighted by Crippen LogP contribution is 2.23. The van der Waals surface area contributed by atoms with E-state index in [4.69, 9.17) is 4.42 Å². The van der Waals surface area contributed by atoms with Gasteiger partial charge < -0.3 is 19.5 Å². The average Bonchev–Trinajstić information content (AvgIpc) is 3.25. The third-order valence-corrected chi connectivity index (χ3v) is 6.05. The molecular weight excluding hydrogens is 458 g/mol. The van der Waals surface area contributed by atoms with Crippen LogP contribution < -0.4 is 10.2 Å². The number of carbonyl (C=O) groups excluding carboxylic acids is 2. The molecule has 1 saturated heterocycles. The Morgan fingerprint density at radius 3 is 2.45 bits per heavy atom. The van der Waals surface area contributed by atoms with Crippen molar-refractivity contribution in [2.75, 3.05) is 30.4 Å². The molecule has 3 aromatic rings. The van der Waals surface area contributed by atoms with Crippen LogP contribution in [0.1, 0.15) is 33.8 Å². The molecule has 0 spiro atoms. The number of amides is 2. The number of hydrogen-bond acceptors (Lipinski definition) is 4. The molecule has 160 valence electrons. The van der Waals surface area contributed by atoms with Gasteiger partial charge in [0.15, 0.2) is 10.4 Å². The monoisotopic (exact) mass is 481 g/mol. The molecule has 0 aliphatic carbocycles. The maximum absolute atomic E-state index is 13.0. The topological polar surface area (TPSA) is 65.8 Å². The number of para-hydroxylation sites is 1. The molecule has 0 bridgehead atoms. The van der Waals surface area contributed by atoms with Crippen LogP contribution in [-0.4, -0.2) is 42.9 Å². The number of piperidine rings is 1. The van der Waals surface area contributed by atoms with Gasteiger partial charge in [-0.3, -0.25) is 9.59 Å². The molecule has 0 unspecified atom stereocenters. The molecular formula is C24H24BrN3O3. The van der Waals surface area contributed by atoms with Crippen molar-refractivity contribution < 1.29 is 14.0 Å². The highest BCUT2D eigenvalue weighted by Gasteiger charge is 2.26. The molecule has 1 fully saturated rings. The number of anilines is 2. The summed E-state index contributed by atoms with van der Waals surface area (Å²) in [4.78, 5) is 29.5. The number of nitrogens with one attached hydrogen (secondary N) is 1. The predicted octanol–water partition coefficient (Wildman–Crippen LogP) is 5.04. The molecule has 2 amide bonds. The normalized spacial score (nSPS) is 14.3. The second-order valence-corrected chi connectivity index (χ2v) is 8.39. The first-order valence-electron chi connectivity index (χ1n) is 10.2. The van der Waals surface area contributed by atoms with E-state index in [0.29, 0.717) is 35.1 Å². The molecule has 1 aliphatic heterocycles. The molecule has 1 N–H and O–H groups in total. The summed E-state index contributed by atoms with van der Waals surface area (Å²) in [6.07, 6.45) is 1.84. The largest absolute Gasteiger partial charge is 0.444 e. The first kappa shape index (κ1) is 21.2. The lowest BCUT2D eigenvalue weighted by atomic mass is 10.0. The number of halogens is 1. The smallest absolute Gasteiger partial charge is 0.291 e. The lowest BCUT2D eigenvalue weighted by Gasteiger charge is -2.38. The van der Waals surface area contributed by atoms with Crippen LogP contribution in [0.3, 0.4) is 0 Å². The molecule has 0 atom stereocenters. The van der Waals surface area contributed by atoms with Crippen LogP contribution in [0.2, 0.25) is 0 Å². The molecule has 2 heterocycles. The Morgan fingerprint density at radius 1 is 1.03 bits per heavy atom. The van der Waals surface area contributed by atoms with E-state index in [1.807, 2.05) is 23.1 Å². The summed E-state index contributed by atoms with van der Waals surface area (Å²) in [5.41, 5.74) is 2.31. The molecule has 31 heavy (non-hydrogen) atoms. The number of likely N-dealkylation sites (tertiary alicyclic amines) is 1. The number of carbonyl (C=O) groups is 2. The minimum Gasteiger partial charge on any atom is -0.444 e. The standard InChI is InChI=1S/C24H24BrN3O3/c1-27(19-8-3-2-4-9-19)20-12-14-28(15-13-20)24(30)17-6-5-7-18(16-17)26-23(29)21-10-11-22(25)31-21/h2-11,16,20H,12-15H2,1H3,(H,26,29). The number of rotatable bonds is 5. The second-order valence-electron chi connectivity index (χ2n) is 7.61. The van der Waals surface area contributed by atoms with Gasteiger partial charge in [0.1, 0.15) is 0 Å². The summed E-state index contributed by atoms with van der Waals surface area (Å²) in [7, 11) is 2.11. The van der Waals surface area contributed by atoms with Crippen molar-refractivity contribution in [2.24, 2.45) is 0 Å². The van der Waals surface area contributed by atoms with Gasteiger partial charge in [-0.2, -0.15) is 0 Å². The van der Waals surface area contributed by atoms with E-state index in [1.165, 1.54) is 5.69 Å². The van der Waals surface area contributed by atoms with Crippen molar-refractivity contribution in [2.45, 2.75) is 18.9 Å². The van der Waals surface area contributed by atoms with Gasteiger partial charge in [0, 0.05) is 43.1 Å². The van der Waals surface area contributed by atoms with Gasteiger partial charge in [-0.15, -0.1) is 0 Å². The van der Waals surface area contributed by atoms with Gasteiger partial charge in [-0.05, 0) is 71.2 Å². The van der Waals surface area contributed by atoms with Crippen LogP contribution in [0, 0.1) is 0 Å². The summed E-state index contributed by atoms with van der Waals surface area (Å²) in [5.74, 6) is -0.175. The van der Waals surface area contributed by atoms with Crippen molar-refractivity contribution in [1.29, 1.82) is 0 Å². The SMILES string of the molecule is CN(c1ccccc1)C1CCN(C(=O)c2cccc(NC(=O)c3ccc(Br)o3)c2)CC1. The van der Waals surface area contributed by atoms with Gasteiger partial charge in [0.2, 0.25) is 0 Å².